The van der Waals surface area contributed by atoms with Gasteiger partial charge in [0.05, 0.1) is 30.8 Å². The number of carbonyl (C=O) groups is 3. The summed E-state index contributed by atoms with van der Waals surface area (Å²) in [5.41, 5.74) is -2.65. The van der Waals surface area contributed by atoms with Crippen LogP contribution < -0.4 is 0 Å². The van der Waals surface area contributed by atoms with Crippen LogP contribution >= 0.6 is 0 Å². The van der Waals surface area contributed by atoms with E-state index in [0.29, 0.717) is 25.8 Å². The van der Waals surface area contributed by atoms with Gasteiger partial charge in [-0.15, -0.1) is 13.2 Å². The van der Waals surface area contributed by atoms with Gasteiger partial charge in [0.25, 0.3) is 0 Å². The fourth-order valence-electron chi connectivity index (χ4n) is 7.15. The van der Waals surface area contributed by atoms with Gasteiger partial charge in [0, 0.05) is 12.1 Å². The predicted molar refractivity (Wildman–Crippen MR) is 151 cm³/mol. The molecule has 0 aliphatic carbocycles. The first-order valence-electron chi connectivity index (χ1n) is 14.5. The monoisotopic (exact) mass is 546 g/mol. The second kappa shape index (κ2) is 11.7. The van der Waals surface area contributed by atoms with Crippen molar-refractivity contribution in [2.45, 2.75) is 109 Å². The Kier molecular flexibility index (Phi) is 9.43. The Labute approximate surface area is 234 Å². The third-order valence-electron chi connectivity index (χ3n) is 9.02. The standard InChI is InChI=1S/C31H50N2O6/c1-10-12-13-14-16-38-28(37)24-23-26(35)33(22(19-34)17-20(3)4)25(27(36)32(15-11-2)29(6,7)8)31(23)18-21(5)30(24,9)39-31/h10-11,20-25,34H,1-2,12-19H2,3-9H3/t21?,22-,23+,24-,25?,30+,31?/m1/s1. The number of aliphatic hydroxyl groups excluding tert-OH is 1. The van der Waals surface area contributed by atoms with E-state index in [9.17, 15) is 19.5 Å². The van der Waals surface area contributed by atoms with Crippen LogP contribution in [0.25, 0.3) is 0 Å². The average Bonchev–Trinajstić information content (AvgIpc) is 3.36. The van der Waals surface area contributed by atoms with E-state index in [1.807, 2.05) is 54.5 Å². The molecule has 220 valence electrons. The van der Waals surface area contributed by atoms with Crippen molar-refractivity contribution in [1.29, 1.82) is 0 Å². The van der Waals surface area contributed by atoms with Gasteiger partial charge in [-0.3, -0.25) is 14.4 Å². The van der Waals surface area contributed by atoms with Gasteiger partial charge in [0.15, 0.2) is 0 Å². The topological polar surface area (TPSA) is 96.4 Å². The van der Waals surface area contributed by atoms with E-state index in [2.05, 4.69) is 13.2 Å². The number of rotatable bonds is 13. The largest absolute Gasteiger partial charge is 0.465 e. The first kappa shape index (κ1) is 31.3. The summed E-state index contributed by atoms with van der Waals surface area (Å²) in [5.74, 6) is -2.55. The lowest BCUT2D eigenvalue weighted by molar-refractivity contribution is -0.165. The van der Waals surface area contributed by atoms with Gasteiger partial charge >= 0.3 is 5.97 Å². The summed E-state index contributed by atoms with van der Waals surface area (Å²) >= 11 is 0. The number of fused-ring (bicyclic) bond motifs is 1. The number of nitrogens with zero attached hydrogens (tertiary/aromatic N) is 2. The van der Waals surface area contributed by atoms with Gasteiger partial charge in [-0.05, 0) is 71.6 Å². The third-order valence-corrected chi connectivity index (χ3v) is 9.02. The van der Waals surface area contributed by atoms with Gasteiger partial charge in [-0.2, -0.15) is 0 Å². The zero-order valence-electron chi connectivity index (χ0n) is 25.1. The van der Waals surface area contributed by atoms with Crippen molar-refractivity contribution >= 4 is 17.8 Å². The maximum absolute atomic E-state index is 14.5. The minimum Gasteiger partial charge on any atom is -0.465 e. The maximum atomic E-state index is 14.5. The van der Waals surface area contributed by atoms with Crippen molar-refractivity contribution < 1.29 is 29.0 Å². The molecule has 1 N–H and O–H groups in total. The molecular formula is C31H50N2O6. The van der Waals surface area contributed by atoms with Gasteiger partial charge in [0.1, 0.15) is 17.6 Å². The number of likely N-dealkylation sites (tertiary alicyclic amines) is 1. The Bertz CT molecular complexity index is 957. The summed E-state index contributed by atoms with van der Waals surface area (Å²) in [7, 11) is 0. The number of amides is 2. The van der Waals surface area contributed by atoms with Crippen LogP contribution in [0.15, 0.2) is 25.3 Å². The van der Waals surface area contributed by atoms with Crippen molar-refractivity contribution in [3.8, 4) is 0 Å². The van der Waals surface area contributed by atoms with E-state index < -0.39 is 46.6 Å². The van der Waals surface area contributed by atoms with Crippen LogP contribution in [0.5, 0.6) is 0 Å². The van der Waals surface area contributed by atoms with E-state index in [-0.39, 0.29) is 36.9 Å². The molecule has 1 spiro atoms. The van der Waals surface area contributed by atoms with Crippen molar-refractivity contribution in [2.75, 3.05) is 19.8 Å². The smallest absolute Gasteiger partial charge is 0.312 e. The van der Waals surface area contributed by atoms with E-state index in [1.165, 1.54) is 0 Å². The zero-order chi connectivity index (χ0) is 29.3. The molecule has 0 aromatic carbocycles. The highest BCUT2D eigenvalue weighted by atomic mass is 16.6. The molecule has 8 nitrogen and oxygen atoms in total. The number of hydrogen-bond donors (Lipinski definition) is 1. The number of ether oxygens (including phenoxy) is 2. The van der Waals surface area contributed by atoms with Crippen molar-refractivity contribution in [2.24, 2.45) is 23.7 Å². The lowest BCUT2D eigenvalue weighted by Gasteiger charge is -2.43. The summed E-state index contributed by atoms with van der Waals surface area (Å²) in [6, 6.07) is -1.53. The minimum atomic E-state index is -1.18. The van der Waals surface area contributed by atoms with Crippen LogP contribution in [0.4, 0.5) is 0 Å². The lowest BCUT2D eigenvalue weighted by atomic mass is 9.62. The van der Waals surface area contributed by atoms with Gasteiger partial charge < -0.3 is 24.4 Å². The molecule has 3 rings (SSSR count). The molecular weight excluding hydrogens is 496 g/mol. The van der Waals surface area contributed by atoms with Crippen molar-refractivity contribution in [3.63, 3.8) is 0 Å². The SMILES string of the molecule is C=CCCCCOC(=O)[C@H]1[C@H]2C(=O)N([C@@H](CO)CC(C)C)C(C(=O)N(CC=C)C(C)(C)C)C23CC(C)[C@]1(C)O3. The highest BCUT2D eigenvalue weighted by Gasteiger charge is 2.81. The number of esters is 1. The van der Waals surface area contributed by atoms with Crippen LogP contribution in [0, 0.1) is 23.7 Å². The quantitative estimate of drug-likeness (QED) is 0.212. The van der Waals surface area contributed by atoms with E-state index in [1.54, 1.807) is 15.9 Å². The minimum absolute atomic E-state index is 0.0738. The molecule has 3 aliphatic rings. The van der Waals surface area contributed by atoms with Gasteiger partial charge in [-0.25, -0.2) is 0 Å². The first-order chi connectivity index (χ1) is 18.2. The molecule has 0 saturated carbocycles. The summed E-state index contributed by atoms with van der Waals surface area (Å²) in [6.45, 7) is 21.7. The molecule has 0 radical (unpaired) electrons. The Morgan fingerprint density at radius 3 is 2.46 bits per heavy atom. The molecule has 3 aliphatic heterocycles. The molecule has 8 heteroatoms. The second-order valence-electron chi connectivity index (χ2n) is 13.3. The molecule has 3 saturated heterocycles. The number of unbranched alkanes of at least 4 members (excludes halogenated alkanes) is 2. The molecule has 7 atom stereocenters. The van der Waals surface area contributed by atoms with Crippen LogP contribution in [0.2, 0.25) is 0 Å². The van der Waals surface area contributed by atoms with Gasteiger partial charge in [0.2, 0.25) is 11.8 Å². The fourth-order valence-corrected chi connectivity index (χ4v) is 7.15. The Morgan fingerprint density at radius 2 is 1.92 bits per heavy atom. The molecule has 3 unspecified atom stereocenters. The first-order valence-corrected chi connectivity index (χ1v) is 14.5. The summed E-state index contributed by atoms with van der Waals surface area (Å²) in [5, 5.41) is 10.5. The predicted octanol–water partition coefficient (Wildman–Crippen LogP) is 4.12. The molecule has 2 bridgehead atoms. The normalized spacial score (nSPS) is 32.3. The maximum Gasteiger partial charge on any atom is 0.312 e. The number of hydrogen-bond acceptors (Lipinski definition) is 6. The van der Waals surface area contributed by atoms with Crippen LogP contribution in [0.3, 0.4) is 0 Å². The highest BCUT2D eigenvalue weighted by molar-refractivity contribution is 5.99. The molecule has 39 heavy (non-hydrogen) atoms. The summed E-state index contributed by atoms with van der Waals surface area (Å²) in [6.07, 6.45) is 6.93. The van der Waals surface area contributed by atoms with Crippen molar-refractivity contribution in [3.05, 3.63) is 25.3 Å². The highest BCUT2D eigenvalue weighted by Crippen LogP contribution is 2.66. The van der Waals surface area contributed by atoms with E-state index in [0.717, 1.165) is 12.8 Å². The summed E-state index contributed by atoms with van der Waals surface area (Å²) < 4.78 is 12.5. The van der Waals surface area contributed by atoms with E-state index in [4.69, 9.17) is 9.47 Å². The zero-order valence-corrected chi connectivity index (χ0v) is 25.1. The molecule has 2 amide bonds. The number of carbonyl (C=O) groups excluding carboxylic acids is 3. The average molecular weight is 547 g/mol. The molecule has 0 aromatic heterocycles. The molecule has 0 aromatic rings. The Morgan fingerprint density at radius 1 is 1.26 bits per heavy atom. The molecule has 3 heterocycles. The molecule has 3 fully saturated rings. The number of allylic oxidation sites excluding steroid dienone is 1. The van der Waals surface area contributed by atoms with Crippen LogP contribution in [-0.4, -0.2) is 81.3 Å². The van der Waals surface area contributed by atoms with Crippen LogP contribution in [-0.2, 0) is 23.9 Å². The lowest BCUT2D eigenvalue weighted by Crippen LogP contribution is -2.61. The fraction of sp³-hybridized carbons (Fsp3) is 0.774. The van der Waals surface area contributed by atoms with E-state index >= 15 is 0 Å². The Balaban J connectivity index is 2.10. The number of aliphatic hydroxyl groups is 1. The third kappa shape index (κ3) is 5.43. The van der Waals surface area contributed by atoms with Crippen LogP contribution in [0.1, 0.15) is 80.6 Å². The Hall–Kier alpha value is -2.19. The van der Waals surface area contributed by atoms with Crippen molar-refractivity contribution in [1.82, 2.24) is 9.80 Å². The summed E-state index contributed by atoms with van der Waals surface area (Å²) in [4.78, 5) is 45.9. The second-order valence-corrected chi connectivity index (χ2v) is 13.3. The van der Waals surface area contributed by atoms with Gasteiger partial charge in [-0.1, -0.05) is 32.9 Å².